The number of nitrogens with zero attached hydrogens (tertiary/aromatic N) is 3. The highest BCUT2D eigenvalue weighted by atomic mass is 16.4. The van der Waals surface area contributed by atoms with Crippen molar-refractivity contribution in [2.45, 2.75) is 26.3 Å². The van der Waals surface area contributed by atoms with Crippen molar-refractivity contribution in [3.63, 3.8) is 0 Å². The lowest BCUT2D eigenvalue weighted by Crippen LogP contribution is -2.33. The number of carboxylic acids is 1. The summed E-state index contributed by atoms with van der Waals surface area (Å²) in [4.78, 5) is 35.1. The monoisotopic (exact) mass is 313 g/mol. The SMILES string of the molecule is Cc1ccc2c(C)nc(NC3=NC(CC(=O)O)C(=O)N3)nc2c1. The number of fused-ring (bicyclic) bond motifs is 1. The molecule has 2 aromatic rings. The molecule has 0 bridgehead atoms. The Morgan fingerprint density at radius 1 is 1.35 bits per heavy atom. The Bertz CT molecular complexity index is 846. The average Bonchev–Trinajstić information content (AvgIpc) is 2.77. The van der Waals surface area contributed by atoms with Crippen molar-refractivity contribution in [2.75, 3.05) is 5.32 Å². The molecule has 118 valence electrons. The number of rotatable bonds is 3. The molecule has 8 heteroatoms. The third kappa shape index (κ3) is 3.10. The van der Waals surface area contributed by atoms with Crippen molar-refractivity contribution < 1.29 is 14.7 Å². The van der Waals surface area contributed by atoms with Crippen LogP contribution < -0.4 is 10.6 Å². The van der Waals surface area contributed by atoms with Crippen molar-refractivity contribution in [3.8, 4) is 0 Å². The van der Waals surface area contributed by atoms with Gasteiger partial charge in [0.15, 0.2) is 0 Å². The van der Waals surface area contributed by atoms with Gasteiger partial charge in [-0.3, -0.25) is 20.2 Å². The lowest BCUT2D eigenvalue weighted by Gasteiger charge is -2.08. The number of guanidine groups is 1. The van der Waals surface area contributed by atoms with Gasteiger partial charge < -0.3 is 5.11 Å². The maximum Gasteiger partial charge on any atom is 0.306 e. The second-order valence-corrected chi connectivity index (χ2v) is 5.36. The second kappa shape index (κ2) is 5.64. The fraction of sp³-hybridized carbons (Fsp3) is 0.267. The van der Waals surface area contributed by atoms with Crippen molar-refractivity contribution in [2.24, 2.45) is 4.99 Å². The van der Waals surface area contributed by atoms with Crippen molar-refractivity contribution in [1.29, 1.82) is 0 Å². The van der Waals surface area contributed by atoms with Crippen LogP contribution in [0, 0.1) is 13.8 Å². The zero-order valence-electron chi connectivity index (χ0n) is 12.6. The van der Waals surface area contributed by atoms with Gasteiger partial charge in [0.25, 0.3) is 5.91 Å². The Balaban J connectivity index is 1.87. The predicted octanol–water partition coefficient (Wildman–Crippen LogP) is 0.988. The number of hydrogen-bond acceptors (Lipinski definition) is 6. The Kier molecular flexibility index (Phi) is 3.65. The first kappa shape index (κ1) is 14.9. The molecule has 0 saturated carbocycles. The third-order valence-corrected chi connectivity index (χ3v) is 3.47. The van der Waals surface area contributed by atoms with E-state index in [0.29, 0.717) is 5.95 Å². The molecule has 2 heterocycles. The number of carbonyl (C=O) groups excluding carboxylic acids is 1. The fourth-order valence-corrected chi connectivity index (χ4v) is 2.37. The zero-order valence-corrected chi connectivity index (χ0v) is 12.6. The van der Waals surface area contributed by atoms with Gasteiger partial charge in [-0.25, -0.2) is 15.0 Å². The van der Waals surface area contributed by atoms with E-state index in [9.17, 15) is 9.59 Å². The number of carbonyl (C=O) groups is 2. The molecule has 1 aromatic heterocycles. The average molecular weight is 313 g/mol. The highest BCUT2D eigenvalue weighted by Gasteiger charge is 2.28. The number of hydrogen-bond donors (Lipinski definition) is 3. The minimum absolute atomic E-state index is 0.160. The van der Waals surface area contributed by atoms with Crippen LogP contribution in [0.5, 0.6) is 0 Å². The summed E-state index contributed by atoms with van der Waals surface area (Å²) < 4.78 is 0. The van der Waals surface area contributed by atoms with Crippen LogP contribution in [0.25, 0.3) is 10.9 Å². The van der Waals surface area contributed by atoms with E-state index >= 15 is 0 Å². The van der Waals surface area contributed by atoms with Gasteiger partial charge in [-0.05, 0) is 25.5 Å². The smallest absolute Gasteiger partial charge is 0.306 e. The van der Waals surface area contributed by atoms with E-state index in [2.05, 4.69) is 25.6 Å². The van der Waals surface area contributed by atoms with Gasteiger partial charge >= 0.3 is 5.97 Å². The van der Waals surface area contributed by atoms with Crippen LogP contribution in [-0.2, 0) is 9.59 Å². The first-order chi connectivity index (χ1) is 10.9. The van der Waals surface area contributed by atoms with Crippen molar-refractivity contribution in [1.82, 2.24) is 15.3 Å². The van der Waals surface area contributed by atoms with Gasteiger partial charge in [-0.15, -0.1) is 0 Å². The Morgan fingerprint density at radius 3 is 2.87 bits per heavy atom. The molecular weight excluding hydrogens is 298 g/mol. The minimum atomic E-state index is -1.08. The van der Waals surface area contributed by atoms with Crippen molar-refractivity contribution >= 4 is 34.7 Å². The summed E-state index contributed by atoms with van der Waals surface area (Å²) >= 11 is 0. The van der Waals surface area contributed by atoms with Crippen LogP contribution in [0.3, 0.4) is 0 Å². The third-order valence-electron chi connectivity index (χ3n) is 3.47. The number of benzene rings is 1. The zero-order chi connectivity index (χ0) is 16.6. The summed E-state index contributed by atoms with van der Waals surface area (Å²) in [7, 11) is 0. The normalized spacial score (nSPS) is 17.0. The number of aromatic nitrogens is 2. The predicted molar refractivity (Wildman–Crippen MR) is 84.3 cm³/mol. The van der Waals surface area contributed by atoms with Gasteiger partial charge in [-0.1, -0.05) is 12.1 Å². The molecule has 0 saturated heterocycles. The molecule has 0 aliphatic carbocycles. The molecule has 8 nitrogen and oxygen atoms in total. The summed E-state index contributed by atoms with van der Waals surface area (Å²) in [5, 5.41) is 15.0. The fourth-order valence-electron chi connectivity index (χ4n) is 2.37. The molecule has 1 unspecified atom stereocenters. The first-order valence-electron chi connectivity index (χ1n) is 7.05. The number of nitrogens with one attached hydrogen (secondary N) is 2. The van der Waals surface area contributed by atoms with Gasteiger partial charge in [0.05, 0.1) is 17.6 Å². The number of amides is 1. The summed E-state index contributed by atoms with van der Waals surface area (Å²) in [6, 6.07) is 4.96. The van der Waals surface area contributed by atoms with Gasteiger partial charge in [0.2, 0.25) is 11.9 Å². The summed E-state index contributed by atoms with van der Waals surface area (Å²) in [5.74, 6) is -1.07. The van der Waals surface area contributed by atoms with E-state index in [1.165, 1.54) is 0 Å². The maximum atomic E-state index is 11.7. The molecule has 3 rings (SSSR count). The van der Waals surface area contributed by atoms with Crippen LogP contribution in [0.2, 0.25) is 0 Å². The molecule has 1 aromatic carbocycles. The molecule has 23 heavy (non-hydrogen) atoms. The highest BCUT2D eigenvalue weighted by molar-refractivity contribution is 6.10. The first-order valence-corrected chi connectivity index (χ1v) is 7.05. The topological polar surface area (TPSA) is 117 Å². The Labute approximate surface area is 131 Å². The van der Waals surface area contributed by atoms with Gasteiger partial charge in [-0.2, -0.15) is 0 Å². The standard InChI is InChI=1S/C15H15N5O3/c1-7-3-4-9-8(2)16-14(17-10(9)5-7)20-15-18-11(6-12(21)22)13(23)19-15/h3-5,11H,6H2,1-2H3,(H,21,22)(H2,16,17,18,19,20,23). The number of aliphatic carboxylic acids is 1. The molecule has 0 fully saturated rings. The van der Waals surface area contributed by atoms with Crippen LogP contribution >= 0.6 is 0 Å². The Hall–Kier alpha value is -3.03. The number of carboxylic acid groups (broad SMARTS) is 1. The maximum absolute atomic E-state index is 11.7. The molecular formula is C15H15N5O3. The number of anilines is 1. The van der Waals surface area contributed by atoms with E-state index in [0.717, 1.165) is 22.2 Å². The molecule has 1 amide bonds. The van der Waals surface area contributed by atoms with Gasteiger partial charge in [0, 0.05) is 5.39 Å². The minimum Gasteiger partial charge on any atom is -0.481 e. The van der Waals surface area contributed by atoms with E-state index in [4.69, 9.17) is 5.11 Å². The molecule has 3 N–H and O–H groups in total. The van der Waals surface area contributed by atoms with Crippen LogP contribution in [0.4, 0.5) is 5.95 Å². The molecule has 1 aliphatic rings. The summed E-state index contributed by atoms with van der Waals surface area (Å²) in [6.07, 6.45) is -0.353. The molecule has 1 aliphatic heterocycles. The lowest BCUT2D eigenvalue weighted by atomic mass is 10.1. The lowest BCUT2D eigenvalue weighted by molar-refractivity contribution is -0.139. The number of aryl methyl sites for hydroxylation is 2. The van der Waals surface area contributed by atoms with E-state index < -0.39 is 17.9 Å². The van der Waals surface area contributed by atoms with Crippen LogP contribution in [0.1, 0.15) is 17.7 Å². The molecule has 0 spiro atoms. The van der Waals surface area contributed by atoms with Crippen LogP contribution in [0.15, 0.2) is 23.2 Å². The highest BCUT2D eigenvalue weighted by Crippen LogP contribution is 2.18. The van der Waals surface area contributed by atoms with Gasteiger partial charge in [0.1, 0.15) is 6.04 Å². The van der Waals surface area contributed by atoms with E-state index in [1.807, 2.05) is 32.0 Å². The second-order valence-electron chi connectivity index (χ2n) is 5.36. The largest absolute Gasteiger partial charge is 0.481 e. The van der Waals surface area contributed by atoms with E-state index in [1.54, 1.807) is 0 Å². The van der Waals surface area contributed by atoms with E-state index in [-0.39, 0.29) is 12.4 Å². The molecule has 1 atom stereocenters. The summed E-state index contributed by atoms with van der Waals surface area (Å²) in [5.41, 5.74) is 2.66. The van der Waals surface area contributed by atoms with Crippen LogP contribution in [-0.4, -0.2) is 39.0 Å². The molecule has 0 radical (unpaired) electrons. The van der Waals surface area contributed by atoms with Crippen molar-refractivity contribution in [3.05, 3.63) is 29.5 Å². The summed E-state index contributed by atoms with van der Waals surface area (Å²) in [6.45, 7) is 3.84. The quantitative estimate of drug-likeness (QED) is 0.778. The Morgan fingerprint density at radius 2 is 2.13 bits per heavy atom. The number of aliphatic imine (C=N–C) groups is 1.